The smallest absolute Gasteiger partial charge is 0.323 e. The van der Waals surface area contributed by atoms with Gasteiger partial charge in [0, 0.05) is 13.2 Å². The van der Waals surface area contributed by atoms with Crippen LogP contribution in [0.3, 0.4) is 0 Å². The van der Waals surface area contributed by atoms with Gasteiger partial charge in [0.15, 0.2) is 29.4 Å². The van der Waals surface area contributed by atoms with Gasteiger partial charge in [0.2, 0.25) is 5.28 Å². The normalized spacial score (nSPS) is 26.8. The van der Waals surface area contributed by atoms with Gasteiger partial charge in [0.1, 0.15) is 6.04 Å². The maximum absolute atomic E-state index is 15.8. The number of fused-ring (bicyclic) bond motifs is 1. The van der Waals surface area contributed by atoms with Gasteiger partial charge < -0.3 is 24.4 Å². The topological polar surface area (TPSA) is 150 Å². The average molecular weight is 551 g/mol. The number of rotatable bonds is 11. The molecule has 0 radical (unpaired) electrons. The van der Waals surface area contributed by atoms with Gasteiger partial charge in [-0.05, 0) is 39.3 Å². The molecule has 15 heteroatoms. The summed E-state index contributed by atoms with van der Waals surface area (Å²) < 4.78 is 46.7. The molecule has 36 heavy (non-hydrogen) atoms. The van der Waals surface area contributed by atoms with E-state index in [2.05, 4.69) is 25.4 Å². The quantitative estimate of drug-likeness (QED) is 0.215. The minimum atomic E-state index is -3.53. The Balaban J connectivity index is 1.79. The first-order chi connectivity index (χ1) is 16.8. The van der Waals surface area contributed by atoms with Gasteiger partial charge in [-0.3, -0.25) is 13.9 Å². The highest BCUT2D eigenvalue weighted by molar-refractivity contribution is 7.56. The fourth-order valence-corrected chi connectivity index (χ4v) is 5.34. The lowest BCUT2D eigenvalue weighted by atomic mass is 9.82. The number of carbonyl (C=O) groups excluding carboxylic acids is 1. The molecule has 2 unspecified atom stereocenters. The Hall–Kier alpha value is -1.89. The molecule has 2 aromatic heterocycles. The molecule has 6 atom stereocenters. The number of hydrogen-bond donors (Lipinski definition) is 3. The summed E-state index contributed by atoms with van der Waals surface area (Å²) in [6, 6.07) is -0.897. The molecule has 0 saturated carbocycles. The second kappa shape index (κ2) is 11.2. The van der Waals surface area contributed by atoms with E-state index in [1.807, 2.05) is 6.92 Å². The Kier molecular flexibility index (Phi) is 8.95. The zero-order valence-electron chi connectivity index (χ0n) is 21.1. The summed E-state index contributed by atoms with van der Waals surface area (Å²) in [5.74, 6) is -0.186. The highest BCUT2D eigenvalue weighted by Gasteiger charge is 2.55. The first-order valence-electron chi connectivity index (χ1n) is 11.6. The van der Waals surface area contributed by atoms with Crippen LogP contribution in [0.1, 0.15) is 40.8 Å². The lowest BCUT2D eigenvalue weighted by Gasteiger charge is -2.30. The number of anilines is 1. The number of aliphatic hydroxyl groups is 1. The van der Waals surface area contributed by atoms with E-state index in [9.17, 15) is 14.5 Å². The van der Waals surface area contributed by atoms with Gasteiger partial charge in [-0.25, -0.2) is 14.5 Å². The summed E-state index contributed by atoms with van der Waals surface area (Å²) in [7, 11) is -3.53. The van der Waals surface area contributed by atoms with Crippen LogP contribution in [0.15, 0.2) is 6.33 Å². The van der Waals surface area contributed by atoms with E-state index >= 15 is 4.39 Å². The molecule has 3 rings (SSSR count). The van der Waals surface area contributed by atoms with Crippen molar-refractivity contribution in [3.63, 3.8) is 0 Å². The number of carbonyl (C=O) groups is 1. The Bertz CT molecular complexity index is 1140. The van der Waals surface area contributed by atoms with Gasteiger partial charge >= 0.3 is 5.97 Å². The summed E-state index contributed by atoms with van der Waals surface area (Å²) in [6.45, 7) is 9.27. The fourth-order valence-electron chi connectivity index (χ4n) is 3.87. The van der Waals surface area contributed by atoms with Crippen molar-refractivity contribution in [2.75, 3.05) is 31.7 Å². The zero-order chi connectivity index (χ0) is 26.8. The van der Waals surface area contributed by atoms with Crippen LogP contribution < -0.4 is 10.4 Å². The molecule has 1 saturated heterocycles. The van der Waals surface area contributed by atoms with E-state index in [0.717, 1.165) is 0 Å². The number of nitrogens with one attached hydrogen (secondary N) is 2. The minimum absolute atomic E-state index is 0.0542. The van der Waals surface area contributed by atoms with Gasteiger partial charge in [-0.15, -0.1) is 0 Å². The predicted octanol–water partition coefficient (Wildman–Crippen LogP) is 2.91. The molecule has 3 N–H and O–H groups in total. The number of esters is 1. The van der Waals surface area contributed by atoms with Crippen molar-refractivity contribution in [1.82, 2.24) is 24.6 Å². The lowest BCUT2D eigenvalue weighted by Crippen LogP contribution is -2.41. The fraction of sp³-hybridized carbons (Fsp3) is 0.714. The molecule has 202 valence electrons. The molecule has 1 aliphatic heterocycles. The zero-order valence-corrected chi connectivity index (χ0v) is 22.7. The molecule has 1 aliphatic rings. The number of aliphatic hydroxyl groups excluding tert-OH is 1. The summed E-state index contributed by atoms with van der Waals surface area (Å²) in [5.41, 5.74) is -0.766. The van der Waals surface area contributed by atoms with Crippen molar-refractivity contribution >= 4 is 42.1 Å². The molecule has 2 aromatic rings. The number of hydrogen-bond acceptors (Lipinski definition) is 10. The van der Waals surface area contributed by atoms with Gasteiger partial charge in [-0.1, -0.05) is 6.92 Å². The first-order valence-corrected chi connectivity index (χ1v) is 14.0. The third kappa shape index (κ3) is 5.98. The monoisotopic (exact) mass is 550 g/mol. The molecule has 0 bridgehead atoms. The van der Waals surface area contributed by atoms with Gasteiger partial charge in [0.25, 0.3) is 7.52 Å². The van der Waals surface area contributed by atoms with E-state index in [-0.39, 0.29) is 23.6 Å². The highest BCUT2D eigenvalue weighted by atomic mass is 35.5. The predicted molar refractivity (Wildman–Crippen MR) is 132 cm³/mol. The number of imidazole rings is 1. The summed E-state index contributed by atoms with van der Waals surface area (Å²) in [6.07, 6.45) is -2.87. The third-order valence-corrected chi connectivity index (χ3v) is 7.55. The van der Waals surface area contributed by atoms with E-state index in [1.54, 1.807) is 13.8 Å². The van der Waals surface area contributed by atoms with Crippen molar-refractivity contribution in [2.24, 2.45) is 5.41 Å². The number of alkyl halides is 1. The van der Waals surface area contributed by atoms with Crippen molar-refractivity contribution < 1.29 is 32.9 Å². The molecule has 1 fully saturated rings. The van der Waals surface area contributed by atoms with Crippen molar-refractivity contribution in [1.29, 1.82) is 0 Å². The third-order valence-electron chi connectivity index (χ3n) is 5.88. The Labute approximate surface area is 213 Å². The molecule has 0 amide bonds. The van der Waals surface area contributed by atoms with Crippen LogP contribution in [0.5, 0.6) is 0 Å². The van der Waals surface area contributed by atoms with Crippen molar-refractivity contribution in [3.8, 4) is 0 Å². The molecule has 3 heterocycles. The van der Waals surface area contributed by atoms with E-state index in [0.29, 0.717) is 17.9 Å². The standard InChI is InChI=1S/C21H33ClFN6O6P/c1-7-24-16-14-17(27-20(22)26-16)29(10-25-14)18-15(23)21(5,9-30)13(35-18)8-33-36(6,32)28-12(4)19(31)34-11(2)3/h10-13,15,18,30H,7-9H2,1-6H3,(H,28,32)(H,24,26,27)/t12-,13+,15?,18+,21-,36?/m0/s1. The largest absolute Gasteiger partial charge is 0.462 e. The summed E-state index contributed by atoms with van der Waals surface area (Å²) >= 11 is 6.07. The Morgan fingerprint density at radius 2 is 2.11 bits per heavy atom. The average Bonchev–Trinajstić information content (AvgIpc) is 3.31. The minimum Gasteiger partial charge on any atom is -0.462 e. The van der Waals surface area contributed by atoms with Gasteiger partial charge in [0.05, 0.1) is 37.2 Å². The van der Waals surface area contributed by atoms with E-state index in [1.165, 1.54) is 31.4 Å². The highest BCUT2D eigenvalue weighted by Crippen LogP contribution is 2.48. The van der Waals surface area contributed by atoms with E-state index in [4.69, 9.17) is 25.6 Å². The van der Waals surface area contributed by atoms with Crippen LogP contribution in [0.25, 0.3) is 11.2 Å². The van der Waals surface area contributed by atoms with Gasteiger partial charge in [-0.2, -0.15) is 9.97 Å². The first kappa shape index (κ1) is 28.7. The molecular weight excluding hydrogens is 518 g/mol. The number of nitrogens with zero attached hydrogens (tertiary/aromatic N) is 4. The number of aromatic nitrogens is 4. The molecule has 0 aliphatic carbocycles. The van der Waals surface area contributed by atoms with Crippen molar-refractivity contribution in [3.05, 3.63) is 11.6 Å². The maximum Gasteiger partial charge on any atom is 0.323 e. The van der Waals surface area contributed by atoms with Crippen LogP contribution in [-0.2, 0) is 23.4 Å². The van der Waals surface area contributed by atoms with Crippen LogP contribution >= 0.6 is 19.1 Å². The molecular formula is C21H33ClFN6O6P. The van der Waals surface area contributed by atoms with Crippen LogP contribution in [0.2, 0.25) is 5.28 Å². The second-order valence-corrected chi connectivity index (χ2v) is 11.8. The van der Waals surface area contributed by atoms with Crippen LogP contribution in [0.4, 0.5) is 10.2 Å². The SMILES string of the molecule is CCNc1nc(Cl)nc2c1ncn2[C@@H]1O[C@H](COP(C)(=O)N[C@@H](C)C(=O)OC(C)C)[C@](C)(CO)C1F. The van der Waals surface area contributed by atoms with Crippen LogP contribution in [0, 0.1) is 5.41 Å². The molecule has 0 aromatic carbocycles. The summed E-state index contributed by atoms with van der Waals surface area (Å²) in [5, 5.41) is 15.7. The molecule has 0 spiro atoms. The van der Waals surface area contributed by atoms with Crippen molar-refractivity contribution in [2.45, 2.75) is 65.3 Å². The van der Waals surface area contributed by atoms with Crippen LogP contribution in [-0.4, -0.2) is 81.4 Å². The lowest BCUT2D eigenvalue weighted by molar-refractivity contribution is -0.149. The van der Waals surface area contributed by atoms with E-state index < -0.39 is 50.1 Å². The molecule has 12 nitrogen and oxygen atoms in total. The Morgan fingerprint density at radius 1 is 1.42 bits per heavy atom. The number of ether oxygens (including phenoxy) is 2. The Morgan fingerprint density at radius 3 is 2.72 bits per heavy atom. The number of halogens is 2. The summed E-state index contributed by atoms with van der Waals surface area (Å²) in [4.78, 5) is 24.6. The maximum atomic E-state index is 15.8. The second-order valence-electron chi connectivity index (χ2n) is 9.25.